The molecule has 0 bridgehead atoms. The molecule has 2 amide bonds. The smallest absolute Gasteiger partial charge is 0.233 e. The molecule has 0 fully saturated rings. The molecule has 116 valence electrons. The molecule has 0 spiro atoms. The summed E-state index contributed by atoms with van der Waals surface area (Å²) in [6.45, 7) is 0. The maximum atomic E-state index is 11.9. The lowest BCUT2D eigenvalue weighted by Crippen LogP contribution is -2.21. The number of hydrogen-bond acceptors (Lipinski definition) is 3. The van der Waals surface area contributed by atoms with Crippen molar-refractivity contribution >= 4 is 45.7 Å². The molecule has 3 rings (SSSR count). The fraction of sp³-hybridized carbons (Fsp3) is 0.0625. The number of halogens is 1. The summed E-state index contributed by atoms with van der Waals surface area (Å²) < 4.78 is 0. The molecular weight excluding hydrogens is 316 g/mol. The molecule has 3 N–H and O–H groups in total. The Morgan fingerprint density at radius 2 is 1.78 bits per heavy atom. The van der Waals surface area contributed by atoms with Crippen molar-refractivity contribution in [2.75, 3.05) is 10.6 Å². The van der Waals surface area contributed by atoms with E-state index in [2.05, 4.69) is 20.8 Å². The summed E-state index contributed by atoms with van der Waals surface area (Å²) in [5.74, 6) is -0.809. The highest BCUT2D eigenvalue weighted by atomic mass is 35.5. The Morgan fingerprint density at radius 1 is 1.04 bits per heavy atom. The molecule has 3 aromatic rings. The van der Waals surface area contributed by atoms with Crippen LogP contribution in [0, 0.1) is 0 Å². The van der Waals surface area contributed by atoms with Crippen molar-refractivity contribution in [1.82, 2.24) is 10.2 Å². The van der Waals surface area contributed by atoms with E-state index in [0.29, 0.717) is 16.4 Å². The predicted molar refractivity (Wildman–Crippen MR) is 89.4 cm³/mol. The molecule has 1 heterocycles. The fourth-order valence-corrected chi connectivity index (χ4v) is 2.33. The number of nitrogens with one attached hydrogen (secondary N) is 3. The molecule has 0 aliphatic rings. The summed E-state index contributed by atoms with van der Waals surface area (Å²) in [5.41, 5.74) is 1.96. The van der Waals surface area contributed by atoms with E-state index < -0.39 is 11.8 Å². The summed E-state index contributed by atoms with van der Waals surface area (Å²) in [4.78, 5) is 23.8. The fourth-order valence-electron chi connectivity index (χ4n) is 2.14. The van der Waals surface area contributed by atoms with Crippen LogP contribution in [-0.4, -0.2) is 22.0 Å². The Morgan fingerprint density at radius 3 is 2.52 bits per heavy atom. The monoisotopic (exact) mass is 328 g/mol. The quantitative estimate of drug-likeness (QED) is 0.643. The normalized spacial score (nSPS) is 10.5. The van der Waals surface area contributed by atoms with Gasteiger partial charge in [0.05, 0.1) is 11.7 Å². The maximum absolute atomic E-state index is 11.9. The molecule has 0 saturated heterocycles. The van der Waals surface area contributed by atoms with Gasteiger partial charge in [-0.15, -0.1) is 0 Å². The number of benzene rings is 2. The van der Waals surface area contributed by atoms with E-state index in [9.17, 15) is 9.59 Å². The SMILES string of the molecule is O=C(CC(=O)Nc1ccc2cn[nH]c2c1)Nc1cccc(Cl)c1. The zero-order valence-electron chi connectivity index (χ0n) is 12.0. The van der Waals surface area contributed by atoms with Gasteiger partial charge in [0.15, 0.2) is 0 Å². The minimum atomic E-state index is -0.410. The number of H-pyrrole nitrogens is 1. The number of amides is 2. The van der Waals surface area contributed by atoms with E-state index in [1.54, 1.807) is 42.6 Å². The van der Waals surface area contributed by atoms with Gasteiger partial charge in [-0.1, -0.05) is 17.7 Å². The van der Waals surface area contributed by atoms with E-state index in [0.717, 1.165) is 10.9 Å². The van der Waals surface area contributed by atoms with Crippen LogP contribution in [0.15, 0.2) is 48.7 Å². The van der Waals surface area contributed by atoms with Crippen molar-refractivity contribution < 1.29 is 9.59 Å². The van der Waals surface area contributed by atoms with Gasteiger partial charge >= 0.3 is 0 Å². The Balaban J connectivity index is 1.59. The Bertz CT molecular complexity index is 875. The second-order valence-corrected chi connectivity index (χ2v) is 5.39. The molecule has 1 aromatic heterocycles. The molecule has 23 heavy (non-hydrogen) atoms. The van der Waals surface area contributed by atoms with Crippen LogP contribution < -0.4 is 10.6 Å². The molecule has 0 atom stereocenters. The largest absolute Gasteiger partial charge is 0.326 e. The Hall–Kier alpha value is -2.86. The molecule has 0 aliphatic heterocycles. The van der Waals surface area contributed by atoms with Crippen LogP contribution in [0.5, 0.6) is 0 Å². The van der Waals surface area contributed by atoms with Gasteiger partial charge < -0.3 is 10.6 Å². The van der Waals surface area contributed by atoms with Crippen LogP contribution >= 0.6 is 11.6 Å². The minimum absolute atomic E-state index is 0.284. The first kappa shape index (κ1) is 15.1. The van der Waals surface area contributed by atoms with Gasteiger partial charge in [-0.2, -0.15) is 5.10 Å². The third kappa shape index (κ3) is 3.87. The third-order valence-corrected chi connectivity index (χ3v) is 3.39. The average Bonchev–Trinajstić information content (AvgIpc) is 2.94. The van der Waals surface area contributed by atoms with Gasteiger partial charge in [0, 0.05) is 21.8 Å². The lowest BCUT2D eigenvalue weighted by Gasteiger charge is -2.07. The van der Waals surface area contributed by atoms with Crippen molar-refractivity contribution in [1.29, 1.82) is 0 Å². The summed E-state index contributed by atoms with van der Waals surface area (Å²) in [6.07, 6.45) is 1.41. The van der Waals surface area contributed by atoms with Crippen LogP contribution in [0.2, 0.25) is 5.02 Å². The highest BCUT2D eigenvalue weighted by Crippen LogP contribution is 2.17. The highest BCUT2D eigenvalue weighted by Gasteiger charge is 2.10. The van der Waals surface area contributed by atoms with Crippen LogP contribution in [0.4, 0.5) is 11.4 Å². The van der Waals surface area contributed by atoms with Crippen molar-refractivity contribution in [3.63, 3.8) is 0 Å². The van der Waals surface area contributed by atoms with Crippen molar-refractivity contribution in [2.24, 2.45) is 0 Å². The molecule has 7 heteroatoms. The molecule has 0 radical (unpaired) electrons. The topological polar surface area (TPSA) is 86.9 Å². The second-order valence-electron chi connectivity index (χ2n) is 4.96. The molecule has 0 unspecified atom stereocenters. The number of rotatable bonds is 4. The van der Waals surface area contributed by atoms with Gasteiger partial charge in [-0.25, -0.2) is 0 Å². The van der Waals surface area contributed by atoms with Gasteiger partial charge in [-0.3, -0.25) is 14.7 Å². The molecular formula is C16H13ClN4O2. The van der Waals surface area contributed by atoms with Crippen molar-refractivity contribution in [3.8, 4) is 0 Å². The number of carbonyl (C=O) groups excluding carboxylic acids is 2. The lowest BCUT2D eigenvalue weighted by molar-refractivity contribution is -0.123. The number of aromatic amines is 1. The zero-order valence-corrected chi connectivity index (χ0v) is 12.7. The molecule has 0 aliphatic carbocycles. The average molecular weight is 329 g/mol. The zero-order chi connectivity index (χ0) is 16.2. The van der Waals surface area contributed by atoms with Gasteiger partial charge in [0.2, 0.25) is 11.8 Å². The van der Waals surface area contributed by atoms with Crippen LogP contribution in [0.3, 0.4) is 0 Å². The van der Waals surface area contributed by atoms with Gasteiger partial charge in [0.1, 0.15) is 6.42 Å². The van der Waals surface area contributed by atoms with Crippen LogP contribution in [0.25, 0.3) is 10.9 Å². The predicted octanol–water partition coefficient (Wildman–Crippen LogP) is 3.18. The molecule has 6 nitrogen and oxygen atoms in total. The standard InChI is InChI=1S/C16H13ClN4O2/c17-11-2-1-3-12(6-11)19-15(22)8-16(23)20-13-5-4-10-9-18-21-14(10)7-13/h1-7,9H,8H2,(H,18,21)(H,19,22)(H,20,23). The molecule has 2 aromatic carbocycles. The highest BCUT2D eigenvalue weighted by molar-refractivity contribution is 6.30. The van der Waals surface area contributed by atoms with Gasteiger partial charge in [-0.05, 0) is 36.4 Å². The second kappa shape index (κ2) is 6.50. The van der Waals surface area contributed by atoms with E-state index in [1.807, 2.05) is 6.07 Å². The summed E-state index contributed by atoms with van der Waals surface area (Å²) in [5, 5.41) is 13.5. The molecule has 0 saturated carbocycles. The first-order valence-electron chi connectivity index (χ1n) is 6.88. The maximum Gasteiger partial charge on any atom is 0.233 e. The number of anilines is 2. The Kier molecular flexibility index (Phi) is 4.25. The lowest BCUT2D eigenvalue weighted by atomic mass is 10.2. The van der Waals surface area contributed by atoms with Crippen molar-refractivity contribution in [3.05, 3.63) is 53.7 Å². The number of fused-ring (bicyclic) bond motifs is 1. The van der Waals surface area contributed by atoms with E-state index in [1.165, 1.54) is 0 Å². The Labute approximate surface area is 136 Å². The van der Waals surface area contributed by atoms with Crippen molar-refractivity contribution in [2.45, 2.75) is 6.42 Å². The van der Waals surface area contributed by atoms with E-state index >= 15 is 0 Å². The van der Waals surface area contributed by atoms with Crippen LogP contribution in [-0.2, 0) is 9.59 Å². The number of carbonyl (C=O) groups is 2. The first-order chi connectivity index (χ1) is 11.1. The number of nitrogens with zero attached hydrogens (tertiary/aromatic N) is 1. The third-order valence-electron chi connectivity index (χ3n) is 3.16. The van der Waals surface area contributed by atoms with E-state index in [4.69, 9.17) is 11.6 Å². The first-order valence-corrected chi connectivity index (χ1v) is 7.26. The number of hydrogen-bond donors (Lipinski definition) is 3. The number of aromatic nitrogens is 2. The summed E-state index contributed by atoms with van der Waals surface area (Å²) in [7, 11) is 0. The summed E-state index contributed by atoms with van der Waals surface area (Å²) in [6, 6.07) is 12.1. The summed E-state index contributed by atoms with van der Waals surface area (Å²) >= 11 is 5.84. The van der Waals surface area contributed by atoms with Crippen LogP contribution in [0.1, 0.15) is 6.42 Å². The minimum Gasteiger partial charge on any atom is -0.326 e. The van der Waals surface area contributed by atoms with Gasteiger partial charge in [0.25, 0.3) is 0 Å². The van der Waals surface area contributed by atoms with E-state index in [-0.39, 0.29) is 6.42 Å².